The van der Waals surface area contributed by atoms with Gasteiger partial charge < -0.3 is 10.5 Å². The maximum Gasteiger partial charge on any atom is 0.323 e. The Hall–Kier alpha value is -2.18. The fourth-order valence-corrected chi connectivity index (χ4v) is 2.58. The van der Waals surface area contributed by atoms with Crippen LogP contribution in [0.3, 0.4) is 0 Å². The van der Waals surface area contributed by atoms with E-state index in [-0.39, 0.29) is 17.9 Å². The first kappa shape index (κ1) is 13.3. The lowest BCUT2D eigenvalue weighted by molar-refractivity contribution is -0.146. The average Bonchev–Trinajstić information content (AvgIpc) is 2.59. The lowest BCUT2D eigenvalue weighted by Crippen LogP contribution is -2.34. The molecule has 0 saturated heterocycles. The molecule has 0 bridgehead atoms. The van der Waals surface area contributed by atoms with E-state index in [4.69, 9.17) is 14.6 Å². The van der Waals surface area contributed by atoms with Crippen molar-refractivity contribution in [2.24, 2.45) is 5.73 Å². The van der Waals surface area contributed by atoms with Crippen LogP contribution in [0.5, 0.6) is 0 Å². The normalized spacial score (nSPS) is 15.1. The SMILES string of the molecule is [2H]C([2H])([2H])S(=O)(=O)c1cccc(C[C@H](N)C(=O)OCc2ccccc2)c1. The number of carbonyl (C=O) groups is 1. The monoisotopic (exact) mass is 336 g/mol. The molecule has 0 aliphatic rings. The number of benzene rings is 2. The van der Waals surface area contributed by atoms with Crippen LogP contribution in [0.25, 0.3) is 0 Å². The quantitative estimate of drug-likeness (QED) is 0.812. The number of hydrogen-bond acceptors (Lipinski definition) is 5. The highest BCUT2D eigenvalue weighted by Gasteiger charge is 2.17. The van der Waals surface area contributed by atoms with E-state index in [1.54, 1.807) is 6.07 Å². The molecule has 0 spiro atoms. The summed E-state index contributed by atoms with van der Waals surface area (Å²) in [6.07, 6.45) is -3.12. The van der Waals surface area contributed by atoms with Gasteiger partial charge in [-0.05, 0) is 29.7 Å². The van der Waals surface area contributed by atoms with Crippen molar-refractivity contribution in [1.29, 1.82) is 0 Å². The van der Waals surface area contributed by atoms with E-state index in [0.717, 1.165) is 5.56 Å². The van der Waals surface area contributed by atoms with Crippen molar-refractivity contribution in [2.75, 3.05) is 6.18 Å². The standard InChI is InChI=1S/C17H19NO4S/c1-23(20,21)15-9-5-8-14(10-15)11-16(18)17(19)22-12-13-6-3-2-4-7-13/h2-10,16H,11-12,18H2,1H3/t16-/m0/s1/i1D3. The number of ether oxygens (including phenoxy) is 1. The highest BCUT2D eigenvalue weighted by atomic mass is 32.2. The van der Waals surface area contributed by atoms with Gasteiger partial charge in [0.25, 0.3) is 0 Å². The molecule has 0 fully saturated rings. The fraction of sp³-hybridized carbons (Fsp3) is 0.235. The molecule has 2 rings (SSSR count). The van der Waals surface area contributed by atoms with E-state index >= 15 is 0 Å². The topological polar surface area (TPSA) is 86.5 Å². The number of esters is 1. The first-order valence-electron chi connectivity index (χ1n) is 8.41. The molecular weight excluding hydrogens is 314 g/mol. The zero-order chi connectivity index (χ0) is 19.4. The molecule has 1 atom stereocenters. The Kier molecular flexibility index (Phi) is 4.27. The Morgan fingerprint density at radius 1 is 1.17 bits per heavy atom. The van der Waals surface area contributed by atoms with Crippen LogP contribution < -0.4 is 5.73 Å². The lowest BCUT2D eigenvalue weighted by atomic mass is 10.1. The molecule has 0 aliphatic heterocycles. The van der Waals surface area contributed by atoms with Gasteiger partial charge in [0, 0.05) is 10.3 Å². The number of nitrogens with two attached hydrogens (primary N) is 1. The van der Waals surface area contributed by atoms with Crippen LogP contribution >= 0.6 is 0 Å². The van der Waals surface area contributed by atoms with Crippen LogP contribution in [0, 0.1) is 0 Å². The predicted molar refractivity (Wildman–Crippen MR) is 87.5 cm³/mol. The predicted octanol–water partition coefficient (Wildman–Crippen LogP) is 1.70. The van der Waals surface area contributed by atoms with Crippen molar-refractivity contribution in [1.82, 2.24) is 0 Å². The third kappa shape index (κ3) is 5.19. The summed E-state index contributed by atoms with van der Waals surface area (Å²) in [7, 11) is -4.46. The van der Waals surface area contributed by atoms with Gasteiger partial charge in [0.05, 0.1) is 4.90 Å². The maximum atomic E-state index is 12.0. The van der Waals surface area contributed by atoms with Crippen LogP contribution in [-0.4, -0.2) is 26.6 Å². The van der Waals surface area contributed by atoms with Crippen LogP contribution in [0.1, 0.15) is 15.2 Å². The Bertz CT molecular complexity index is 867. The Labute approximate surface area is 140 Å². The van der Waals surface area contributed by atoms with Gasteiger partial charge >= 0.3 is 5.97 Å². The smallest absolute Gasteiger partial charge is 0.323 e. The highest BCUT2D eigenvalue weighted by molar-refractivity contribution is 7.90. The van der Waals surface area contributed by atoms with Gasteiger partial charge in [-0.25, -0.2) is 8.42 Å². The molecule has 23 heavy (non-hydrogen) atoms. The summed E-state index contributed by atoms with van der Waals surface area (Å²) in [5.41, 5.74) is 7.07. The highest BCUT2D eigenvalue weighted by Crippen LogP contribution is 2.13. The molecule has 2 aromatic rings. The Balaban J connectivity index is 2.04. The summed E-state index contributed by atoms with van der Waals surface area (Å²) >= 11 is 0. The van der Waals surface area contributed by atoms with Crippen molar-refractivity contribution in [3.63, 3.8) is 0 Å². The van der Waals surface area contributed by atoms with E-state index < -0.39 is 28.0 Å². The molecule has 6 heteroatoms. The molecule has 0 aliphatic carbocycles. The third-order valence-electron chi connectivity index (χ3n) is 3.19. The van der Waals surface area contributed by atoms with Gasteiger partial charge in [0.15, 0.2) is 9.84 Å². The minimum Gasteiger partial charge on any atom is -0.460 e. The van der Waals surface area contributed by atoms with Crippen molar-refractivity contribution in [3.05, 3.63) is 65.7 Å². The number of hydrogen-bond donors (Lipinski definition) is 1. The van der Waals surface area contributed by atoms with Gasteiger partial charge in [0.2, 0.25) is 0 Å². The molecule has 0 saturated carbocycles. The van der Waals surface area contributed by atoms with E-state index in [9.17, 15) is 13.2 Å². The fourth-order valence-electron chi connectivity index (χ4n) is 2.01. The van der Waals surface area contributed by atoms with Gasteiger partial charge in [0.1, 0.15) is 12.6 Å². The molecule has 0 unspecified atom stereocenters. The van der Waals surface area contributed by atoms with Crippen LogP contribution in [0.4, 0.5) is 0 Å². The van der Waals surface area contributed by atoms with E-state index in [1.165, 1.54) is 18.2 Å². The second-order valence-corrected chi connectivity index (χ2v) is 6.53. The zero-order valence-corrected chi connectivity index (χ0v) is 13.1. The second kappa shape index (κ2) is 7.39. The van der Waals surface area contributed by atoms with E-state index in [1.807, 2.05) is 30.3 Å². The van der Waals surface area contributed by atoms with Crippen molar-refractivity contribution < 1.29 is 22.1 Å². The van der Waals surface area contributed by atoms with E-state index in [2.05, 4.69) is 0 Å². The summed E-state index contributed by atoms with van der Waals surface area (Å²) < 4.78 is 50.5. The number of carbonyl (C=O) groups excluding carboxylic acids is 1. The molecule has 0 aromatic heterocycles. The van der Waals surface area contributed by atoms with Gasteiger partial charge in [-0.1, -0.05) is 42.5 Å². The first-order valence-corrected chi connectivity index (χ1v) is 8.39. The number of rotatable bonds is 6. The molecule has 2 aromatic carbocycles. The van der Waals surface area contributed by atoms with Gasteiger partial charge in [-0.2, -0.15) is 0 Å². The summed E-state index contributed by atoms with van der Waals surface area (Å²) in [5.74, 6) is -0.627. The largest absolute Gasteiger partial charge is 0.460 e. The molecule has 0 heterocycles. The van der Waals surface area contributed by atoms with Crippen molar-refractivity contribution in [2.45, 2.75) is 24.0 Å². The van der Waals surface area contributed by atoms with E-state index in [0.29, 0.717) is 5.56 Å². The Morgan fingerprint density at radius 3 is 2.57 bits per heavy atom. The third-order valence-corrected chi connectivity index (χ3v) is 4.07. The molecule has 0 radical (unpaired) electrons. The van der Waals surface area contributed by atoms with Crippen molar-refractivity contribution in [3.8, 4) is 0 Å². The zero-order valence-electron chi connectivity index (χ0n) is 15.3. The number of sulfone groups is 1. The molecular formula is C17H19NO4S. The van der Waals surface area contributed by atoms with Crippen LogP contribution in [-0.2, 0) is 32.4 Å². The molecule has 2 N–H and O–H groups in total. The first-order chi connectivity index (χ1) is 12.1. The van der Waals surface area contributed by atoms with Crippen molar-refractivity contribution >= 4 is 15.8 Å². The molecule has 0 amide bonds. The summed E-state index contributed by atoms with van der Waals surface area (Å²) in [6, 6.07) is 13.5. The van der Waals surface area contributed by atoms with Crippen LogP contribution in [0.15, 0.2) is 59.5 Å². The Morgan fingerprint density at radius 2 is 1.87 bits per heavy atom. The summed E-state index contributed by atoms with van der Waals surface area (Å²) in [5, 5.41) is 0. The van der Waals surface area contributed by atoms with Crippen LogP contribution in [0.2, 0.25) is 0 Å². The molecule has 5 nitrogen and oxygen atoms in total. The van der Waals surface area contributed by atoms with Gasteiger partial charge in [-0.3, -0.25) is 4.79 Å². The van der Waals surface area contributed by atoms with Gasteiger partial charge in [-0.15, -0.1) is 0 Å². The summed E-state index contributed by atoms with van der Waals surface area (Å²) in [6.45, 7) is 0.0842. The minimum atomic E-state index is -4.46. The second-order valence-electron chi connectivity index (χ2n) is 5.05. The minimum absolute atomic E-state index is 0.0258. The summed E-state index contributed by atoms with van der Waals surface area (Å²) in [4.78, 5) is 11.7. The average molecular weight is 336 g/mol. The maximum absolute atomic E-state index is 12.0. The lowest BCUT2D eigenvalue weighted by Gasteiger charge is -2.12. The molecule has 122 valence electrons.